The molecule has 0 bridgehead atoms. The molecule has 1 aromatic heterocycles. The molecule has 0 amide bonds. The van der Waals surface area contributed by atoms with Crippen LogP contribution in [-0.2, 0) is 11.4 Å². The van der Waals surface area contributed by atoms with Crippen LogP contribution in [0.1, 0.15) is 40.5 Å². The van der Waals surface area contributed by atoms with Crippen molar-refractivity contribution in [2.24, 2.45) is 4.99 Å². The first kappa shape index (κ1) is 18.5. The number of nitrogens with zero attached hydrogens (tertiary/aromatic N) is 2. The van der Waals surface area contributed by atoms with Gasteiger partial charge in [0.05, 0.1) is 0 Å². The highest BCUT2D eigenvalue weighted by molar-refractivity contribution is 7.17. The lowest BCUT2D eigenvalue weighted by Gasteiger charge is -2.19. The lowest BCUT2D eigenvalue weighted by atomic mass is 10.1. The number of anilines is 1. The van der Waals surface area contributed by atoms with Crippen LogP contribution in [0.3, 0.4) is 0 Å². The van der Waals surface area contributed by atoms with Gasteiger partial charge in [0.15, 0.2) is 0 Å². The summed E-state index contributed by atoms with van der Waals surface area (Å²) in [5.41, 5.74) is 5.90. The zero-order chi connectivity index (χ0) is 17.9. The molecule has 0 radical (unpaired) electrons. The van der Waals surface area contributed by atoms with Gasteiger partial charge in [0.1, 0.15) is 10.7 Å². The van der Waals surface area contributed by atoms with Gasteiger partial charge in [-0.1, -0.05) is 25.1 Å². The second-order valence-electron chi connectivity index (χ2n) is 6.16. The smallest absolute Gasteiger partial charge is 0.232 e. The van der Waals surface area contributed by atoms with Crippen molar-refractivity contribution in [1.82, 2.24) is 0 Å². The minimum Gasteiger partial charge on any atom is -0.360 e. The van der Waals surface area contributed by atoms with E-state index in [4.69, 9.17) is 5.26 Å². The van der Waals surface area contributed by atoms with Gasteiger partial charge in [0.2, 0.25) is 5.90 Å². The van der Waals surface area contributed by atoms with E-state index in [1.54, 1.807) is 11.3 Å². The maximum Gasteiger partial charge on any atom is 0.232 e. The number of aliphatic imine (C=N–C) groups is 1. The second kappa shape index (κ2) is 7.81. The third-order valence-corrected chi connectivity index (χ3v) is 5.63. The molecule has 1 N–H and O–H groups in total. The number of thiophene rings is 1. The summed E-state index contributed by atoms with van der Waals surface area (Å²) in [5.74, 6) is 0.330. The number of aryl methyl sites for hydroxylation is 3. The highest BCUT2D eigenvalue weighted by Gasteiger charge is 2.17. The van der Waals surface area contributed by atoms with Crippen molar-refractivity contribution in [3.05, 3.63) is 45.3 Å². The van der Waals surface area contributed by atoms with E-state index in [1.807, 2.05) is 6.92 Å². The molecule has 2 rings (SSSR count). The van der Waals surface area contributed by atoms with Crippen molar-refractivity contribution in [2.75, 3.05) is 11.9 Å². The highest BCUT2D eigenvalue weighted by Crippen LogP contribution is 2.42. The van der Waals surface area contributed by atoms with Crippen molar-refractivity contribution in [3.63, 3.8) is 0 Å². The SMILES string of the molecule is CCC(=Nc1c(N(C)Cc2ccc(C)c(C)c2)sc(C)c1C)OO. The van der Waals surface area contributed by atoms with E-state index in [0.29, 0.717) is 12.3 Å². The summed E-state index contributed by atoms with van der Waals surface area (Å²) in [6.07, 6.45) is 0.547. The van der Waals surface area contributed by atoms with Gasteiger partial charge < -0.3 is 9.79 Å². The molecular weight excluding hydrogens is 320 g/mol. The molecule has 0 saturated carbocycles. The minimum absolute atomic E-state index is 0.330. The van der Waals surface area contributed by atoms with Gasteiger partial charge in [-0.3, -0.25) is 0 Å². The fourth-order valence-electron chi connectivity index (χ4n) is 2.52. The largest absolute Gasteiger partial charge is 0.360 e. The second-order valence-corrected chi connectivity index (χ2v) is 7.37. The molecular formula is C19H26N2O2S. The van der Waals surface area contributed by atoms with Crippen molar-refractivity contribution < 1.29 is 10.1 Å². The van der Waals surface area contributed by atoms with Crippen LogP contribution in [0.2, 0.25) is 0 Å². The Kier molecular flexibility index (Phi) is 6.02. The molecule has 0 unspecified atom stereocenters. The monoisotopic (exact) mass is 346 g/mol. The molecule has 5 heteroatoms. The van der Waals surface area contributed by atoms with Gasteiger partial charge in [0.25, 0.3) is 0 Å². The summed E-state index contributed by atoms with van der Waals surface area (Å²) in [6.45, 7) is 11.1. The number of hydrogen-bond acceptors (Lipinski definition) is 5. The molecule has 0 saturated heterocycles. The maximum atomic E-state index is 8.97. The standard InChI is InChI=1S/C19H26N2O2S/c1-7-17(23-22)20-18-14(4)15(5)24-19(18)21(6)11-16-9-8-12(2)13(3)10-16/h8-10,22H,7,11H2,1-6H3. The Hall–Kier alpha value is -1.85. The average Bonchev–Trinajstić information content (AvgIpc) is 2.84. The first-order valence-electron chi connectivity index (χ1n) is 8.13. The van der Waals surface area contributed by atoms with E-state index >= 15 is 0 Å². The Bertz CT molecular complexity index is 744. The molecule has 0 spiro atoms. The molecule has 0 atom stereocenters. The molecule has 0 aliphatic rings. The summed E-state index contributed by atoms with van der Waals surface area (Å²) in [5, 5.41) is 10.1. The lowest BCUT2D eigenvalue weighted by molar-refractivity contribution is -0.156. The van der Waals surface area contributed by atoms with Gasteiger partial charge in [-0.25, -0.2) is 10.2 Å². The quantitative estimate of drug-likeness (QED) is 0.334. The molecule has 2 aromatic rings. The summed E-state index contributed by atoms with van der Waals surface area (Å²) in [6, 6.07) is 6.57. The molecule has 0 fully saturated rings. The van der Waals surface area contributed by atoms with Gasteiger partial charge in [-0.2, -0.15) is 0 Å². The van der Waals surface area contributed by atoms with Crippen molar-refractivity contribution >= 4 is 27.9 Å². The van der Waals surface area contributed by atoms with Gasteiger partial charge >= 0.3 is 0 Å². The Morgan fingerprint density at radius 2 is 1.92 bits per heavy atom. The number of benzene rings is 1. The van der Waals surface area contributed by atoms with Crippen LogP contribution in [0.5, 0.6) is 0 Å². The Balaban J connectivity index is 2.35. The van der Waals surface area contributed by atoms with Gasteiger partial charge in [0, 0.05) is 24.9 Å². The molecule has 0 aliphatic carbocycles. The van der Waals surface area contributed by atoms with E-state index in [0.717, 1.165) is 22.8 Å². The van der Waals surface area contributed by atoms with E-state index in [9.17, 15) is 0 Å². The van der Waals surface area contributed by atoms with Crippen LogP contribution < -0.4 is 4.90 Å². The van der Waals surface area contributed by atoms with Crippen LogP contribution >= 0.6 is 11.3 Å². The van der Waals surface area contributed by atoms with Crippen LogP contribution in [0.15, 0.2) is 23.2 Å². The average molecular weight is 346 g/mol. The third kappa shape index (κ3) is 3.97. The highest BCUT2D eigenvalue weighted by atomic mass is 32.1. The third-order valence-electron chi connectivity index (χ3n) is 4.32. The molecule has 4 nitrogen and oxygen atoms in total. The normalized spacial score (nSPS) is 11.7. The molecule has 1 heterocycles. The van der Waals surface area contributed by atoms with Crippen LogP contribution in [-0.4, -0.2) is 18.2 Å². The summed E-state index contributed by atoms with van der Waals surface area (Å²) in [7, 11) is 2.07. The zero-order valence-corrected chi connectivity index (χ0v) is 16.1. The number of rotatable bonds is 5. The van der Waals surface area contributed by atoms with Crippen molar-refractivity contribution in [1.29, 1.82) is 0 Å². The van der Waals surface area contributed by atoms with Crippen molar-refractivity contribution in [3.8, 4) is 0 Å². The molecule has 130 valence electrons. The van der Waals surface area contributed by atoms with Crippen LogP contribution in [0.4, 0.5) is 10.7 Å². The Labute approximate surface area is 148 Å². The van der Waals surface area contributed by atoms with Gasteiger partial charge in [-0.05, 0) is 49.9 Å². The Morgan fingerprint density at radius 3 is 2.50 bits per heavy atom. The molecule has 24 heavy (non-hydrogen) atoms. The van der Waals surface area contributed by atoms with Crippen molar-refractivity contribution in [2.45, 2.75) is 47.6 Å². The zero-order valence-electron chi connectivity index (χ0n) is 15.3. The fourth-order valence-corrected chi connectivity index (χ4v) is 3.58. The maximum absolute atomic E-state index is 8.97. The topological polar surface area (TPSA) is 45.1 Å². The van der Waals surface area contributed by atoms with E-state index < -0.39 is 0 Å². The summed E-state index contributed by atoms with van der Waals surface area (Å²) in [4.78, 5) is 12.3. The first-order valence-corrected chi connectivity index (χ1v) is 8.95. The van der Waals surface area contributed by atoms with E-state index in [1.165, 1.54) is 21.6 Å². The molecule has 1 aromatic carbocycles. The predicted molar refractivity (Wildman–Crippen MR) is 103 cm³/mol. The van der Waals surface area contributed by atoms with E-state index in [2.05, 4.69) is 67.7 Å². The molecule has 0 aliphatic heterocycles. The van der Waals surface area contributed by atoms with Crippen LogP contribution in [0, 0.1) is 27.7 Å². The summed E-state index contributed by atoms with van der Waals surface area (Å²) >= 11 is 1.72. The fraction of sp³-hybridized carbons (Fsp3) is 0.421. The lowest BCUT2D eigenvalue weighted by Crippen LogP contribution is -2.15. The number of hydrogen-bond donors (Lipinski definition) is 1. The van der Waals surface area contributed by atoms with Gasteiger partial charge in [-0.15, -0.1) is 11.3 Å². The Morgan fingerprint density at radius 1 is 1.21 bits per heavy atom. The minimum atomic E-state index is 0.330. The van der Waals surface area contributed by atoms with E-state index in [-0.39, 0.29) is 0 Å². The predicted octanol–water partition coefficient (Wildman–Crippen LogP) is 5.55. The summed E-state index contributed by atoms with van der Waals surface area (Å²) < 4.78 is 0. The first-order chi connectivity index (χ1) is 11.4. The van der Waals surface area contributed by atoms with Crippen LogP contribution in [0.25, 0.3) is 0 Å².